The van der Waals surface area contributed by atoms with E-state index in [1.165, 1.54) is 16.7 Å². The van der Waals surface area contributed by atoms with Gasteiger partial charge < -0.3 is 9.47 Å². The molecule has 0 saturated heterocycles. The Morgan fingerprint density at radius 3 is 2.58 bits per heavy atom. The maximum Gasteiger partial charge on any atom is 0.416 e. The van der Waals surface area contributed by atoms with Gasteiger partial charge in [0.1, 0.15) is 38.7 Å². The number of thioether (sulfide) groups is 1. The molecule has 2 aromatic carbocycles. The minimum atomic E-state index is -0.753. The first-order chi connectivity index (χ1) is 18.1. The summed E-state index contributed by atoms with van der Waals surface area (Å²) >= 11 is 1.32. The fourth-order valence-corrected chi connectivity index (χ4v) is 5.27. The van der Waals surface area contributed by atoms with Crippen LogP contribution in [0.1, 0.15) is 44.7 Å². The quantitative estimate of drug-likeness (QED) is 0.354. The van der Waals surface area contributed by atoms with Gasteiger partial charge in [0, 0.05) is 24.4 Å². The number of nitrogens with one attached hydrogen (secondary N) is 1. The van der Waals surface area contributed by atoms with Crippen molar-refractivity contribution in [3.05, 3.63) is 89.6 Å². The lowest BCUT2D eigenvalue weighted by molar-refractivity contribution is 0.0578. The summed E-state index contributed by atoms with van der Waals surface area (Å²) in [6.07, 6.45) is 2.06. The van der Waals surface area contributed by atoms with Crippen molar-refractivity contribution in [2.24, 2.45) is 5.10 Å². The van der Waals surface area contributed by atoms with Crippen LogP contribution in [0.3, 0.4) is 0 Å². The van der Waals surface area contributed by atoms with Gasteiger partial charge in [0.15, 0.2) is 0 Å². The average molecular weight is 541 g/mol. The molecule has 4 rings (SSSR count). The molecule has 10 heteroatoms. The molecule has 200 valence electrons. The van der Waals surface area contributed by atoms with Gasteiger partial charge in [-0.3, -0.25) is 10.3 Å². The molecule has 2 heterocycles. The summed E-state index contributed by atoms with van der Waals surface area (Å²) < 4.78 is 39.4. The Bertz CT molecular complexity index is 1320. The first-order valence-electron chi connectivity index (χ1n) is 12.2. The third-order valence-corrected chi connectivity index (χ3v) is 7.15. The van der Waals surface area contributed by atoms with E-state index in [1.54, 1.807) is 46.2 Å². The molecule has 0 saturated carbocycles. The molecule has 38 heavy (non-hydrogen) atoms. The maximum atomic E-state index is 14.5. The summed E-state index contributed by atoms with van der Waals surface area (Å²) in [6, 6.07) is 16.3. The smallest absolute Gasteiger partial charge is 0.416 e. The number of hydrogen-bond acceptors (Lipinski definition) is 7. The van der Waals surface area contributed by atoms with Crippen molar-refractivity contribution < 1.29 is 23.0 Å². The zero-order chi connectivity index (χ0) is 27.3. The zero-order valence-electron chi connectivity index (χ0n) is 21.7. The first-order valence-corrected chi connectivity index (χ1v) is 13.0. The van der Waals surface area contributed by atoms with Crippen LogP contribution in [0.15, 0.2) is 72.0 Å². The third-order valence-electron chi connectivity index (χ3n) is 5.76. The van der Waals surface area contributed by atoms with Gasteiger partial charge in [-0.05, 0) is 63.4 Å². The molecule has 0 spiro atoms. The SMILES string of the molecule is COc1ccnc(N(CCC[C@]2(c3ccccc3)NN=C(c3cc(F)ccc3F)S2)C(=O)OC(C)(C)C)c1. The summed E-state index contributed by atoms with van der Waals surface area (Å²) in [5.74, 6) is -0.130. The van der Waals surface area contributed by atoms with Crippen LogP contribution in [0.5, 0.6) is 5.75 Å². The maximum absolute atomic E-state index is 14.5. The summed E-state index contributed by atoms with van der Waals surface area (Å²) in [6.45, 7) is 5.69. The monoisotopic (exact) mass is 540 g/mol. The number of carbonyl (C=O) groups is 1. The van der Waals surface area contributed by atoms with Gasteiger partial charge >= 0.3 is 6.09 Å². The molecule has 1 aromatic heterocycles. The van der Waals surface area contributed by atoms with Crippen molar-refractivity contribution in [2.75, 3.05) is 18.6 Å². The molecular weight excluding hydrogens is 510 g/mol. The van der Waals surface area contributed by atoms with Crippen LogP contribution in [0.2, 0.25) is 0 Å². The fourth-order valence-electron chi connectivity index (χ4n) is 3.99. The summed E-state index contributed by atoms with van der Waals surface area (Å²) in [5.41, 5.74) is 3.49. The number of halogens is 2. The number of anilines is 1. The van der Waals surface area contributed by atoms with E-state index >= 15 is 0 Å². The summed E-state index contributed by atoms with van der Waals surface area (Å²) in [4.78, 5) is 18.2. The van der Waals surface area contributed by atoms with E-state index in [1.807, 2.05) is 30.3 Å². The van der Waals surface area contributed by atoms with Crippen molar-refractivity contribution in [1.82, 2.24) is 10.4 Å². The number of amides is 1. The van der Waals surface area contributed by atoms with Crippen molar-refractivity contribution >= 4 is 28.7 Å². The number of aromatic nitrogens is 1. The van der Waals surface area contributed by atoms with E-state index in [2.05, 4.69) is 15.5 Å². The van der Waals surface area contributed by atoms with Crippen LogP contribution in [-0.2, 0) is 9.61 Å². The second-order valence-corrected chi connectivity index (χ2v) is 11.0. The number of rotatable bonds is 8. The standard InChI is InChI=1S/C28H30F2N4O3S/c1-27(2,3)37-26(35)34(24-18-21(36-4)13-15-31-24)16-8-14-28(19-9-6-5-7-10-19)33-32-25(38-28)22-17-20(29)11-12-23(22)30/h5-7,9-13,15,17-18,33H,8,14,16H2,1-4H3/t28-/m0/s1. The Morgan fingerprint density at radius 1 is 1.11 bits per heavy atom. The van der Waals surface area contributed by atoms with Crippen LogP contribution in [-0.4, -0.2) is 35.4 Å². The number of ether oxygens (including phenoxy) is 2. The van der Waals surface area contributed by atoms with E-state index < -0.39 is 28.2 Å². The molecule has 7 nitrogen and oxygen atoms in total. The highest BCUT2D eigenvalue weighted by atomic mass is 32.2. The average Bonchev–Trinajstić information content (AvgIpc) is 3.33. The Labute approximate surface area is 225 Å². The summed E-state index contributed by atoms with van der Waals surface area (Å²) in [5, 5.41) is 4.74. The summed E-state index contributed by atoms with van der Waals surface area (Å²) in [7, 11) is 1.54. The van der Waals surface area contributed by atoms with Gasteiger partial charge in [0.2, 0.25) is 0 Å². The molecule has 0 unspecified atom stereocenters. The Hall–Kier alpha value is -3.66. The lowest BCUT2D eigenvalue weighted by Crippen LogP contribution is -2.39. The number of carbonyl (C=O) groups excluding carboxylic acids is 1. The molecule has 0 aliphatic carbocycles. The minimum Gasteiger partial charge on any atom is -0.497 e. The molecule has 0 fully saturated rings. The highest BCUT2D eigenvalue weighted by molar-refractivity contribution is 8.15. The Kier molecular flexibility index (Phi) is 8.20. The van der Waals surface area contributed by atoms with Gasteiger partial charge in [-0.2, -0.15) is 5.10 Å². The highest BCUT2D eigenvalue weighted by Gasteiger charge is 2.40. The predicted octanol–water partition coefficient (Wildman–Crippen LogP) is 6.44. The molecule has 0 bridgehead atoms. The number of methoxy groups -OCH3 is 1. The van der Waals surface area contributed by atoms with Gasteiger partial charge in [-0.15, -0.1) is 0 Å². The predicted molar refractivity (Wildman–Crippen MR) is 145 cm³/mol. The second-order valence-electron chi connectivity index (χ2n) is 9.74. The topological polar surface area (TPSA) is 76.0 Å². The lowest BCUT2D eigenvalue weighted by atomic mass is 10.0. The van der Waals surface area contributed by atoms with E-state index in [0.29, 0.717) is 29.5 Å². The number of hydrazone groups is 1. The lowest BCUT2D eigenvalue weighted by Gasteiger charge is -2.31. The number of benzene rings is 2. The highest BCUT2D eigenvalue weighted by Crippen LogP contribution is 2.44. The van der Waals surface area contributed by atoms with Crippen LogP contribution in [0, 0.1) is 11.6 Å². The van der Waals surface area contributed by atoms with Crippen LogP contribution in [0.25, 0.3) is 0 Å². The Balaban J connectivity index is 1.58. The molecule has 1 atom stereocenters. The van der Waals surface area contributed by atoms with Crippen LogP contribution < -0.4 is 15.1 Å². The number of pyridine rings is 1. The van der Waals surface area contributed by atoms with Crippen LogP contribution >= 0.6 is 11.8 Å². The molecule has 1 aliphatic heterocycles. The van der Waals surface area contributed by atoms with Crippen molar-refractivity contribution in [3.8, 4) is 5.75 Å². The molecule has 1 aliphatic rings. The third kappa shape index (κ3) is 6.42. The van der Waals surface area contributed by atoms with E-state index in [9.17, 15) is 13.6 Å². The molecule has 1 N–H and O–H groups in total. The van der Waals surface area contributed by atoms with Gasteiger partial charge in [-0.1, -0.05) is 42.1 Å². The number of nitrogens with zero attached hydrogens (tertiary/aromatic N) is 3. The second kappa shape index (κ2) is 11.4. The van der Waals surface area contributed by atoms with Gasteiger partial charge in [-0.25, -0.2) is 18.6 Å². The fraction of sp³-hybridized carbons (Fsp3) is 0.321. The molecule has 3 aromatic rings. The minimum absolute atomic E-state index is 0.0938. The largest absolute Gasteiger partial charge is 0.497 e. The van der Waals surface area contributed by atoms with Crippen molar-refractivity contribution in [2.45, 2.75) is 44.1 Å². The van der Waals surface area contributed by atoms with Gasteiger partial charge in [0.25, 0.3) is 0 Å². The van der Waals surface area contributed by atoms with Gasteiger partial charge in [0.05, 0.1) is 7.11 Å². The van der Waals surface area contributed by atoms with E-state index in [0.717, 1.165) is 23.8 Å². The van der Waals surface area contributed by atoms with E-state index in [4.69, 9.17) is 9.47 Å². The molecule has 0 radical (unpaired) electrons. The van der Waals surface area contributed by atoms with Crippen molar-refractivity contribution in [1.29, 1.82) is 0 Å². The molecular formula is C28H30F2N4O3S. The van der Waals surface area contributed by atoms with Crippen LogP contribution in [0.4, 0.5) is 19.4 Å². The normalized spacial score (nSPS) is 16.9. The van der Waals surface area contributed by atoms with Crippen molar-refractivity contribution in [3.63, 3.8) is 0 Å². The molecule has 1 amide bonds. The van der Waals surface area contributed by atoms with E-state index in [-0.39, 0.29) is 12.1 Å². The zero-order valence-corrected chi connectivity index (χ0v) is 22.5. The number of hydrogen-bond donors (Lipinski definition) is 1. The Morgan fingerprint density at radius 2 is 1.87 bits per heavy atom. The first kappa shape index (κ1) is 27.4.